The molecule has 94 valence electrons. The molecule has 0 aliphatic carbocycles. The number of thioether (sulfide) groups is 2. The van der Waals surface area contributed by atoms with Gasteiger partial charge in [-0.25, -0.2) is 0 Å². The quantitative estimate of drug-likeness (QED) is 0.816. The van der Waals surface area contributed by atoms with E-state index in [9.17, 15) is 0 Å². The van der Waals surface area contributed by atoms with Crippen LogP contribution >= 0.6 is 35.1 Å². The third kappa shape index (κ3) is 3.14. The molecule has 1 atom stereocenters. The van der Waals surface area contributed by atoms with Crippen molar-refractivity contribution in [1.29, 1.82) is 0 Å². The van der Waals surface area contributed by atoms with Gasteiger partial charge in [-0.3, -0.25) is 0 Å². The lowest BCUT2D eigenvalue weighted by atomic mass is 9.98. The van der Waals surface area contributed by atoms with Gasteiger partial charge in [-0.15, -0.1) is 23.5 Å². The highest BCUT2D eigenvalue weighted by molar-refractivity contribution is 8.01. The maximum atomic E-state index is 6.37. The predicted molar refractivity (Wildman–Crippen MR) is 79.6 cm³/mol. The molecule has 0 spiro atoms. The summed E-state index contributed by atoms with van der Waals surface area (Å²) in [6.07, 6.45) is 8.03. The SMILES string of the molecule is CSc1cc(C2CCCCN2)cc(Cl)c1SC. The monoisotopic (exact) mass is 287 g/mol. The fraction of sp³-hybridized carbons (Fsp3) is 0.538. The number of hydrogen-bond acceptors (Lipinski definition) is 3. The molecule has 0 aromatic heterocycles. The van der Waals surface area contributed by atoms with E-state index < -0.39 is 0 Å². The third-order valence-corrected chi connectivity index (χ3v) is 5.32. The van der Waals surface area contributed by atoms with Gasteiger partial charge in [0.1, 0.15) is 0 Å². The zero-order valence-electron chi connectivity index (χ0n) is 10.3. The van der Waals surface area contributed by atoms with Gasteiger partial charge in [0.25, 0.3) is 0 Å². The molecule has 1 aliphatic heterocycles. The number of halogens is 1. The summed E-state index contributed by atoms with van der Waals surface area (Å²) in [5, 5.41) is 4.47. The van der Waals surface area contributed by atoms with E-state index in [1.54, 1.807) is 23.5 Å². The second kappa shape index (κ2) is 6.37. The Bertz CT molecular complexity index is 389. The van der Waals surface area contributed by atoms with Crippen LogP contribution in [0.3, 0.4) is 0 Å². The molecule has 4 heteroatoms. The fourth-order valence-corrected chi connectivity index (χ4v) is 4.35. The molecule has 2 rings (SSSR count). The van der Waals surface area contributed by atoms with E-state index in [-0.39, 0.29) is 0 Å². The highest BCUT2D eigenvalue weighted by Crippen LogP contribution is 2.38. The van der Waals surface area contributed by atoms with Gasteiger partial charge in [0.05, 0.1) is 5.02 Å². The summed E-state index contributed by atoms with van der Waals surface area (Å²) in [7, 11) is 0. The molecule has 0 radical (unpaired) electrons. The van der Waals surface area contributed by atoms with Crippen molar-refractivity contribution >= 4 is 35.1 Å². The number of rotatable bonds is 3. The smallest absolute Gasteiger partial charge is 0.0556 e. The minimum atomic E-state index is 0.489. The molecule has 1 fully saturated rings. The van der Waals surface area contributed by atoms with Crippen molar-refractivity contribution in [3.63, 3.8) is 0 Å². The van der Waals surface area contributed by atoms with Gasteiger partial charge in [0.2, 0.25) is 0 Å². The Morgan fingerprint density at radius 3 is 2.65 bits per heavy atom. The summed E-state index contributed by atoms with van der Waals surface area (Å²) in [5.74, 6) is 0. The van der Waals surface area contributed by atoms with Crippen molar-refractivity contribution < 1.29 is 0 Å². The molecule has 1 aromatic rings. The Labute approximate surface area is 117 Å². The van der Waals surface area contributed by atoms with Crippen molar-refractivity contribution in [3.05, 3.63) is 22.7 Å². The van der Waals surface area contributed by atoms with Crippen LogP contribution in [0.25, 0.3) is 0 Å². The van der Waals surface area contributed by atoms with Gasteiger partial charge in [0.15, 0.2) is 0 Å². The number of hydrogen-bond donors (Lipinski definition) is 1. The van der Waals surface area contributed by atoms with Crippen molar-refractivity contribution in [1.82, 2.24) is 5.32 Å². The van der Waals surface area contributed by atoms with Gasteiger partial charge < -0.3 is 5.32 Å². The standard InChI is InChI=1S/C13H18ClNS2/c1-16-12-8-9(7-10(14)13(12)17-2)11-5-3-4-6-15-11/h7-8,11,15H,3-6H2,1-2H3. The van der Waals surface area contributed by atoms with E-state index in [2.05, 4.69) is 30.0 Å². The average molecular weight is 288 g/mol. The number of benzene rings is 1. The topological polar surface area (TPSA) is 12.0 Å². The van der Waals surface area contributed by atoms with Gasteiger partial charge in [-0.1, -0.05) is 18.0 Å². The predicted octanol–water partition coefficient (Wildman–Crippen LogP) is 4.60. The Balaban J connectivity index is 2.31. The van der Waals surface area contributed by atoms with Crippen LogP contribution in [0.4, 0.5) is 0 Å². The Morgan fingerprint density at radius 2 is 2.06 bits per heavy atom. The summed E-state index contributed by atoms with van der Waals surface area (Å²) in [4.78, 5) is 2.51. The molecule has 1 heterocycles. The molecule has 0 amide bonds. The van der Waals surface area contributed by atoms with Crippen LogP contribution in [-0.4, -0.2) is 19.1 Å². The molecule has 0 saturated carbocycles. The van der Waals surface area contributed by atoms with Gasteiger partial charge in [-0.2, -0.15) is 0 Å². The first-order valence-electron chi connectivity index (χ1n) is 5.91. The summed E-state index contributed by atoms with van der Waals surface area (Å²) >= 11 is 9.88. The molecule has 0 bridgehead atoms. The van der Waals surface area contributed by atoms with Crippen LogP contribution in [0, 0.1) is 0 Å². The Kier molecular flexibility index (Phi) is 5.10. The first-order chi connectivity index (χ1) is 8.26. The maximum Gasteiger partial charge on any atom is 0.0556 e. The van der Waals surface area contributed by atoms with Crippen molar-refractivity contribution in [2.75, 3.05) is 19.1 Å². The van der Waals surface area contributed by atoms with E-state index >= 15 is 0 Å². The summed E-state index contributed by atoms with van der Waals surface area (Å²) in [6, 6.07) is 4.92. The molecule has 1 nitrogen and oxygen atoms in total. The first-order valence-corrected chi connectivity index (χ1v) is 8.74. The zero-order valence-corrected chi connectivity index (χ0v) is 12.6. The van der Waals surface area contributed by atoms with E-state index in [0.717, 1.165) is 11.6 Å². The Morgan fingerprint density at radius 1 is 1.24 bits per heavy atom. The largest absolute Gasteiger partial charge is 0.310 e. The summed E-state index contributed by atoms with van der Waals surface area (Å²) in [6.45, 7) is 1.13. The van der Waals surface area contributed by atoms with Crippen molar-refractivity contribution in [2.24, 2.45) is 0 Å². The molecule has 1 aliphatic rings. The van der Waals surface area contributed by atoms with Crippen LogP contribution < -0.4 is 5.32 Å². The lowest BCUT2D eigenvalue weighted by molar-refractivity contribution is 0.411. The van der Waals surface area contributed by atoms with Crippen LogP contribution in [0.5, 0.6) is 0 Å². The van der Waals surface area contributed by atoms with Gasteiger partial charge >= 0.3 is 0 Å². The third-order valence-electron chi connectivity index (χ3n) is 3.17. The van der Waals surface area contributed by atoms with Crippen LogP contribution in [0.1, 0.15) is 30.9 Å². The molecule has 1 N–H and O–H groups in total. The van der Waals surface area contributed by atoms with Crippen LogP contribution in [-0.2, 0) is 0 Å². The fourth-order valence-electron chi connectivity index (χ4n) is 2.28. The summed E-state index contributed by atoms with van der Waals surface area (Å²) in [5.41, 5.74) is 1.34. The van der Waals surface area contributed by atoms with E-state index in [1.807, 2.05) is 0 Å². The minimum Gasteiger partial charge on any atom is -0.310 e. The second-order valence-electron chi connectivity index (χ2n) is 4.24. The molecule has 1 unspecified atom stereocenters. The van der Waals surface area contributed by atoms with E-state index in [0.29, 0.717) is 6.04 Å². The van der Waals surface area contributed by atoms with Crippen LogP contribution in [0.15, 0.2) is 21.9 Å². The molecular formula is C13H18ClNS2. The zero-order chi connectivity index (χ0) is 12.3. The van der Waals surface area contributed by atoms with E-state index in [4.69, 9.17) is 11.6 Å². The maximum absolute atomic E-state index is 6.37. The lowest BCUT2D eigenvalue weighted by Crippen LogP contribution is -2.26. The lowest BCUT2D eigenvalue weighted by Gasteiger charge is -2.25. The Hall–Kier alpha value is 0.170. The molecule has 1 saturated heterocycles. The average Bonchev–Trinajstić information content (AvgIpc) is 2.38. The van der Waals surface area contributed by atoms with E-state index in [1.165, 1.54) is 34.6 Å². The minimum absolute atomic E-state index is 0.489. The first kappa shape index (κ1) is 13.6. The van der Waals surface area contributed by atoms with Crippen molar-refractivity contribution in [3.8, 4) is 0 Å². The highest BCUT2D eigenvalue weighted by Gasteiger charge is 2.17. The normalized spacial score (nSPS) is 20.5. The second-order valence-corrected chi connectivity index (χ2v) is 6.31. The number of nitrogens with one attached hydrogen (secondary N) is 1. The summed E-state index contributed by atoms with van der Waals surface area (Å²) < 4.78 is 0. The number of piperidine rings is 1. The molecule has 1 aromatic carbocycles. The van der Waals surface area contributed by atoms with Crippen molar-refractivity contribution in [2.45, 2.75) is 35.1 Å². The van der Waals surface area contributed by atoms with Gasteiger partial charge in [-0.05, 0) is 49.6 Å². The van der Waals surface area contributed by atoms with Crippen LogP contribution in [0.2, 0.25) is 5.02 Å². The molecule has 17 heavy (non-hydrogen) atoms. The molecular weight excluding hydrogens is 270 g/mol. The van der Waals surface area contributed by atoms with Gasteiger partial charge in [0, 0.05) is 15.8 Å². The highest BCUT2D eigenvalue weighted by atomic mass is 35.5.